The number of hydrogen-bond acceptors (Lipinski definition) is 4. The highest BCUT2D eigenvalue weighted by Gasteiger charge is 2.27. The van der Waals surface area contributed by atoms with E-state index in [9.17, 15) is 4.79 Å². The maximum Gasteiger partial charge on any atom is 0.323 e. The number of hydrogen-bond donors (Lipinski definition) is 0. The summed E-state index contributed by atoms with van der Waals surface area (Å²) in [6.45, 7) is 10.6. The van der Waals surface area contributed by atoms with E-state index in [1.54, 1.807) is 0 Å². The molecule has 1 heterocycles. The molecular weight excluding hydrogens is 194 g/mol. The molecule has 4 nitrogen and oxygen atoms in total. The molecular formula is C11H21NO3. The minimum absolute atomic E-state index is 0.149. The molecule has 0 radical (unpaired) electrons. The summed E-state index contributed by atoms with van der Waals surface area (Å²) in [5.41, 5.74) is -0.405. The van der Waals surface area contributed by atoms with Crippen LogP contribution < -0.4 is 0 Å². The highest BCUT2D eigenvalue weighted by atomic mass is 16.6. The van der Waals surface area contributed by atoms with Crippen molar-refractivity contribution in [3.63, 3.8) is 0 Å². The van der Waals surface area contributed by atoms with Crippen molar-refractivity contribution in [2.45, 2.75) is 39.3 Å². The summed E-state index contributed by atoms with van der Waals surface area (Å²) in [6.07, 6.45) is 0. The Morgan fingerprint density at radius 2 is 1.87 bits per heavy atom. The van der Waals surface area contributed by atoms with Crippen LogP contribution in [0.2, 0.25) is 0 Å². The van der Waals surface area contributed by atoms with Gasteiger partial charge in [0.1, 0.15) is 11.6 Å². The fourth-order valence-electron chi connectivity index (χ4n) is 1.50. The first-order valence-electron chi connectivity index (χ1n) is 5.45. The van der Waals surface area contributed by atoms with Crippen molar-refractivity contribution in [2.75, 3.05) is 26.3 Å². The van der Waals surface area contributed by atoms with Gasteiger partial charge in [0.2, 0.25) is 0 Å². The van der Waals surface area contributed by atoms with E-state index in [4.69, 9.17) is 9.47 Å². The molecule has 1 saturated heterocycles. The lowest BCUT2D eigenvalue weighted by Crippen LogP contribution is -2.47. The minimum Gasteiger partial charge on any atom is -0.459 e. The van der Waals surface area contributed by atoms with E-state index in [1.165, 1.54) is 0 Å². The van der Waals surface area contributed by atoms with Crippen LogP contribution in [0.3, 0.4) is 0 Å². The topological polar surface area (TPSA) is 38.8 Å². The molecule has 1 rings (SSSR count). The average Bonchev–Trinajstić information content (AvgIpc) is 2.15. The molecule has 0 spiro atoms. The molecule has 0 amide bonds. The lowest BCUT2D eigenvalue weighted by atomic mass is 10.2. The van der Waals surface area contributed by atoms with Crippen LogP contribution in [0, 0.1) is 0 Å². The fourth-order valence-corrected chi connectivity index (χ4v) is 1.50. The highest BCUT2D eigenvalue weighted by molar-refractivity contribution is 5.75. The largest absolute Gasteiger partial charge is 0.459 e. The van der Waals surface area contributed by atoms with Crippen molar-refractivity contribution < 1.29 is 14.3 Å². The van der Waals surface area contributed by atoms with Crippen molar-refractivity contribution in [2.24, 2.45) is 0 Å². The number of carbonyl (C=O) groups excluding carboxylic acids is 1. The summed E-state index contributed by atoms with van der Waals surface area (Å²) >= 11 is 0. The van der Waals surface area contributed by atoms with Crippen LogP contribution in [0.15, 0.2) is 0 Å². The van der Waals surface area contributed by atoms with Gasteiger partial charge in [-0.15, -0.1) is 0 Å². The van der Waals surface area contributed by atoms with Gasteiger partial charge in [-0.3, -0.25) is 9.69 Å². The van der Waals surface area contributed by atoms with Crippen LogP contribution in [-0.2, 0) is 14.3 Å². The van der Waals surface area contributed by atoms with Crippen molar-refractivity contribution in [1.82, 2.24) is 4.90 Å². The first-order chi connectivity index (χ1) is 6.90. The quantitative estimate of drug-likeness (QED) is 0.645. The first kappa shape index (κ1) is 12.5. The SMILES string of the molecule is CC(C(=O)OC(C)(C)C)N1CCOCC1. The lowest BCUT2D eigenvalue weighted by Gasteiger charge is -2.32. The lowest BCUT2D eigenvalue weighted by molar-refractivity contribution is -0.162. The van der Waals surface area contributed by atoms with E-state index in [0.29, 0.717) is 13.2 Å². The van der Waals surface area contributed by atoms with Crippen LogP contribution in [0.5, 0.6) is 0 Å². The van der Waals surface area contributed by atoms with E-state index < -0.39 is 5.60 Å². The van der Waals surface area contributed by atoms with Gasteiger partial charge in [-0.05, 0) is 27.7 Å². The van der Waals surface area contributed by atoms with E-state index in [-0.39, 0.29) is 12.0 Å². The molecule has 0 aliphatic carbocycles. The van der Waals surface area contributed by atoms with Gasteiger partial charge < -0.3 is 9.47 Å². The second kappa shape index (κ2) is 4.94. The highest BCUT2D eigenvalue weighted by Crippen LogP contribution is 2.12. The van der Waals surface area contributed by atoms with Gasteiger partial charge >= 0.3 is 5.97 Å². The molecule has 1 fully saturated rings. The fraction of sp³-hybridized carbons (Fsp3) is 0.909. The monoisotopic (exact) mass is 215 g/mol. The Kier molecular flexibility index (Phi) is 4.11. The Balaban J connectivity index is 2.44. The Labute approximate surface area is 91.5 Å². The van der Waals surface area contributed by atoms with Crippen molar-refractivity contribution in [1.29, 1.82) is 0 Å². The standard InChI is InChI=1S/C11H21NO3/c1-9(10(13)15-11(2,3)4)12-5-7-14-8-6-12/h9H,5-8H2,1-4H3. The van der Waals surface area contributed by atoms with Gasteiger partial charge in [-0.25, -0.2) is 0 Å². The summed E-state index contributed by atoms with van der Waals surface area (Å²) in [5.74, 6) is -0.149. The van der Waals surface area contributed by atoms with Crippen LogP contribution in [0.4, 0.5) is 0 Å². The van der Waals surface area contributed by atoms with Gasteiger partial charge in [-0.2, -0.15) is 0 Å². The van der Waals surface area contributed by atoms with Crippen molar-refractivity contribution in [3.05, 3.63) is 0 Å². The predicted octanol–water partition coefficient (Wildman–Crippen LogP) is 1.05. The molecule has 0 aromatic carbocycles. The number of carbonyl (C=O) groups is 1. The molecule has 0 aromatic heterocycles. The summed E-state index contributed by atoms with van der Waals surface area (Å²) in [4.78, 5) is 13.8. The van der Waals surface area contributed by atoms with Crippen LogP contribution in [-0.4, -0.2) is 48.8 Å². The Morgan fingerprint density at radius 1 is 1.33 bits per heavy atom. The zero-order valence-electron chi connectivity index (χ0n) is 10.1. The van der Waals surface area contributed by atoms with Crippen LogP contribution in [0.25, 0.3) is 0 Å². The molecule has 88 valence electrons. The van der Waals surface area contributed by atoms with Gasteiger partial charge in [0.05, 0.1) is 13.2 Å². The van der Waals surface area contributed by atoms with Gasteiger partial charge in [-0.1, -0.05) is 0 Å². The normalized spacial score (nSPS) is 21.1. The Bertz CT molecular complexity index is 216. The molecule has 15 heavy (non-hydrogen) atoms. The second-order valence-corrected chi connectivity index (χ2v) is 4.86. The third kappa shape index (κ3) is 4.18. The molecule has 1 unspecified atom stereocenters. The third-order valence-electron chi connectivity index (χ3n) is 2.34. The molecule has 1 atom stereocenters. The van der Waals surface area contributed by atoms with Crippen molar-refractivity contribution >= 4 is 5.97 Å². The smallest absolute Gasteiger partial charge is 0.323 e. The number of rotatable bonds is 2. The number of esters is 1. The number of ether oxygens (including phenoxy) is 2. The summed E-state index contributed by atoms with van der Waals surface area (Å²) in [5, 5.41) is 0. The zero-order chi connectivity index (χ0) is 11.5. The van der Waals surface area contributed by atoms with Crippen LogP contribution >= 0.6 is 0 Å². The maximum absolute atomic E-state index is 11.8. The Hall–Kier alpha value is -0.610. The first-order valence-corrected chi connectivity index (χ1v) is 5.45. The summed E-state index contributed by atoms with van der Waals surface area (Å²) in [7, 11) is 0. The summed E-state index contributed by atoms with van der Waals surface area (Å²) in [6, 6.07) is -0.173. The second-order valence-electron chi connectivity index (χ2n) is 4.86. The molecule has 4 heteroatoms. The van der Waals surface area contributed by atoms with E-state index in [2.05, 4.69) is 4.90 Å². The molecule has 0 aromatic rings. The van der Waals surface area contributed by atoms with Gasteiger partial charge in [0.25, 0.3) is 0 Å². The predicted molar refractivity (Wildman–Crippen MR) is 57.7 cm³/mol. The molecule has 0 saturated carbocycles. The average molecular weight is 215 g/mol. The van der Waals surface area contributed by atoms with E-state index >= 15 is 0 Å². The number of nitrogens with zero attached hydrogens (tertiary/aromatic N) is 1. The molecule has 1 aliphatic heterocycles. The van der Waals surface area contributed by atoms with E-state index in [0.717, 1.165) is 13.1 Å². The van der Waals surface area contributed by atoms with E-state index in [1.807, 2.05) is 27.7 Å². The van der Waals surface area contributed by atoms with Crippen molar-refractivity contribution in [3.8, 4) is 0 Å². The molecule has 0 N–H and O–H groups in total. The molecule has 0 bridgehead atoms. The Morgan fingerprint density at radius 3 is 2.33 bits per heavy atom. The van der Waals surface area contributed by atoms with Gasteiger partial charge in [0, 0.05) is 13.1 Å². The number of morpholine rings is 1. The zero-order valence-corrected chi connectivity index (χ0v) is 10.1. The van der Waals surface area contributed by atoms with Crippen LogP contribution in [0.1, 0.15) is 27.7 Å². The molecule has 1 aliphatic rings. The summed E-state index contributed by atoms with van der Waals surface area (Å²) < 4.78 is 10.6. The van der Waals surface area contributed by atoms with Gasteiger partial charge in [0.15, 0.2) is 0 Å². The minimum atomic E-state index is -0.405. The third-order valence-corrected chi connectivity index (χ3v) is 2.34. The maximum atomic E-state index is 11.8.